The van der Waals surface area contributed by atoms with Gasteiger partial charge in [-0.05, 0) is 60.0 Å². The highest BCUT2D eigenvalue weighted by atomic mass is 32.1. The zero-order chi connectivity index (χ0) is 14.9. The number of carbonyl (C=O) groups excluding carboxylic acids is 1. The Labute approximate surface area is 133 Å². The summed E-state index contributed by atoms with van der Waals surface area (Å²) in [6, 6.07) is 10.3. The molecule has 0 atom stereocenters. The van der Waals surface area contributed by atoms with Gasteiger partial charge in [0.05, 0.1) is 0 Å². The van der Waals surface area contributed by atoms with Crippen LogP contribution in [-0.2, 0) is 28.8 Å². The number of thiophene rings is 1. The number of nitrogens with zero attached hydrogens (tertiary/aromatic N) is 1. The zero-order valence-corrected chi connectivity index (χ0v) is 12.9. The van der Waals surface area contributed by atoms with Gasteiger partial charge < -0.3 is 4.74 Å². The van der Waals surface area contributed by atoms with Gasteiger partial charge in [-0.3, -0.25) is 0 Å². The number of rotatable bonds is 3. The Morgan fingerprint density at radius 1 is 1.23 bits per heavy atom. The number of allylic oxidation sites excluding steroid dienone is 1. The second kappa shape index (κ2) is 5.54. The van der Waals surface area contributed by atoms with Gasteiger partial charge in [-0.15, -0.1) is 11.3 Å². The van der Waals surface area contributed by atoms with Gasteiger partial charge in [0.25, 0.3) is 0 Å². The molecule has 110 valence electrons. The predicted molar refractivity (Wildman–Crippen MR) is 87.2 cm³/mol. The van der Waals surface area contributed by atoms with Crippen molar-refractivity contribution in [3.8, 4) is 0 Å². The van der Waals surface area contributed by atoms with Gasteiger partial charge in [0.2, 0.25) is 5.90 Å². The Bertz CT molecular complexity index is 787. The smallest absolute Gasteiger partial charge is 0.363 e. The monoisotopic (exact) mass is 309 g/mol. The SMILES string of the molecule is O=C1OC(c2ccc3c(c2)CCC3)=N/C1=C/Cc1cccs1. The number of ether oxygens (including phenoxy) is 1. The van der Waals surface area contributed by atoms with Crippen LogP contribution in [0.25, 0.3) is 0 Å². The van der Waals surface area contributed by atoms with E-state index >= 15 is 0 Å². The van der Waals surface area contributed by atoms with E-state index in [0.29, 0.717) is 18.0 Å². The van der Waals surface area contributed by atoms with Crippen molar-refractivity contribution in [3.63, 3.8) is 0 Å². The van der Waals surface area contributed by atoms with Gasteiger partial charge in [-0.1, -0.05) is 12.1 Å². The average Bonchev–Trinajstić information content (AvgIpc) is 3.25. The Balaban J connectivity index is 1.59. The van der Waals surface area contributed by atoms with Crippen LogP contribution in [0.1, 0.15) is 28.0 Å². The fourth-order valence-electron chi connectivity index (χ4n) is 2.90. The third-order valence-electron chi connectivity index (χ3n) is 4.04. The molecule has 0 N–H and O–H groups in total. The van der Waals surface area contributed by atoms with Crippen LogP contribution >= 0.6 is 11.3 Å². The van der Waals surface area contributed by atoms with Gasteiger partial charge in [0.15, 0.2) is 0 Å². The maximum Gasteiger partial charge on any atom is 0.363 e. The maximum absolute atomic E-state index is 11.9. The van der Waals surface area contributed by atoms with Crippen LogP contribution in [0.5, 0.6) is 0 Å². The van der Waals surface area contributed by atoms with Gasteiger partial charge in [0.1, 0.15) is 5.70 Å². The van der Waals surface area contributed by atoms with Crippen LogP contribution in [0.3, 0.4) is 0 Å². The molecular weight excluding hydrogens is 294 g/mol. The molecule has 0 amide bonds. The molecule has 2 heterocycles. The van der Waals surface area contributed by atoms with Gasteiger partial charge >= 0.3 is 5.97 Å². The van der Waals surface area contributed by atoms with E-state index in [1.54, 1.807) is 11.3 Å². The molecule has 1 aliphatic carbocycles. The first-order chi connectivity index (χ1) is 10.8. The molecule has 0 radical (unpaired) electrons. The molecule has 0 unspecified atom stereocenters. The second-order valence-corrected chi connectivity index (χ2v) is 6.55. The van der Waals surface area contributed by atoms with Crippen LogP contribution in [0, 0.1) is 0 Å². The van der Waals surface area contributed by atoms with Gasteiger partial charge in [-0.25, -0.2) is 9.79 Å². The topological polar surface area (TPSA) is 38.7 Å². The van der Waals surface area contributed by atoms with Crippen LogP contribution < -0.4 is 0 Å². The van der Waals surface area contributed by atoms with E-state index in [2.05, 4.69) is 17.1 Å². The first-order valence-electron chi connectivity index (χ1n) is 7.45. The first kappa shape index (κ1) is 13.5. The molecule has 4 heteroatoms. The molecule has 1 aromatic carbocycles. The third-order valence-corrected chi connectivity index (χ3v) is 4.94. The number of hydrogen-bond donors (Lipinski definition) is 0. The Morgan fingerprint density at radius 3 is 3.00 bits per heavy atom. The lowest BCUT2D eigenvalue weighted by atomic mass is 10.1. The molecular formula is C18H15NO2S. The third kappa shape index (κ3) is 2.50. The van der Waals surface area contributed by atoms with Crippen LogP contribution in [0.2, 0.25) is 0 Å². The molecule has 0 fully saturated rings. The fourth-order valence-corrected chi connectivity index (χ4v) is 3.57. The van der Waals surface area contributed by atoms with Crippen molar-refractivity contribution in [1.82, 2.24) is 0 Å². The summed E-state index contributed by atoms with van der Waals surface area (Å²) < 4.78 is 5.34. The molecule has 1 aliphatic heterocycles. The van der Waals surface area contributed by atoms with E-state index in [0.717, 1.165) is 18.4 Å². The minimum Gasteiger partial charge on any atom is -0.402 e. The van der Waals surface area contributed by atoms with Crippen molar-refractivity contribution in [2.24, 2.45) is 4.99 Å². The highest BCUT2D eigenvalue weighted by molar-refractivity contribution is 7.09. The summed E-state index contributed by atoms with van der Waals surface area (Å²) in [5, 5.41) is 2.03. The molecule has 2 aromatic rings. The van der Waals surface area contributed by atoms with Crippen molar-refractivity contribution in [3.05, 3.63) is 69.1 Å². The molecule has 0 saturated heterocycles. The van der Waals surface area contributed by atoms with E-state index in [4.69, 9.17) is 4.74 Å². The second-order valence-electron chi connectivity index (χ2n) is 5.52. The largest absolute Gasteiger partial charge is 0.402 e. The minimum absolute atomic E-state index is 0.355. The summed E-state index contributed by atoms with van der Waals surface area (Å²) in [5.74, 6) is 0.0733. The molecule has 22 heavy (non-hydrogen) atoms. The summed E-state index contributed by atoms with van der Waals surface area (Å²) in [6.07, 6.45) is 6.01. The number of fused-ring (bicyclic) bond motifs is 1. The van der Waals surface area contributed by atoms with Gasteiger partial charge in [0, 0.05) is 16.9 Å². The number of carbonyl (C=O) groups is 1. The average molecular weight is 309 g/mol. The van der Waals surface area contributed by atoms with Crippen LogP contribution in [0.15, 0.2) is 52.5 Å². The van der Waals surface area contributed by atoms with Crippen molar-refractivity contribution < 1.29 is 9.53 Å². The number of cyclic esters (lactones) is 1. The van der Waals surface area contributed by atoms with Crippen molar-refractivity contribution in [2.45, 2.75) is 25.7 Å². The fraction of sp³-hybridized carbons (Fsp3) is 0.222. The number of hydrogen-bond acceptors (Lipinski definition) is 4. The summed E-state index contributed by atoms with van der Waals surface area (Å²) in [7, 11) is 0. The Hall–Kier alpha value is -2.20. The number of aryl methyl sites for hydroxylation is 2. The lowest BCUT2D eigenvalue weighted by Crippen LogP contribution is -2.06. The molecule has 0 saturated carbocycles. The van der Waals surface area contributed by atoms with E-state index in [1.165, 1.54) is 22.4 Å². The van der Waals surface area contributed by atoms with Crippen molar-refractivity contribution in [2.75, 3.05) is 0 Å². The van der Waals surface area contributed by atoms with Crippen molar-refractivity contribution >= 4 is 23.2 Å². The normalized spacial score (nSPS) is 18.5. The standard InChI is InChI=1S/C18H15NO2S/c20-18-16(9-8-15-5-2-10-22-15)19-17(21-18)14-7-6-12-3-1-4-13(12)11-14/h2,5-7,9-11H,1,3-4,8H2/b16-9+. The Kier molecular flexibility index (Phi) is 3.39. The Morgan fingerprint density at radius 2 is 2.14 bits per heavy atom. The van der Waals surface area contributed by atoms with E-state index < -0.39 is 0 Å². The molecule has 0 bridgehead atoms. The molecule has 1 aromatic heterocycles. The molecule has 3 nitrogen and oxygen atoms in total. The van der Waals surface area contributed by atoms with E-state index in [-0.39, 0.29) is 5.97 Å². The molecule has 0 spiro atoms. The summed E-state index contributed by atoms with van der Waals surface area (Å²) in [4.78, 5) is 17.5. The number of benzene rings is 1. The highest BCUT2D eigenvalue weighted by Gasteiger charge is 2.24. The van der Waals surface area contributed by atoms with Crippen molar-refractivity contribution in [1.29, 1.82) is 0 Å². The quantitative estimate of drug-likeness (QED) is 0.641. The number of esters is 1. The maximum atomic E-state index is 11.9. The molecule has 4 rings (SSSR count). The van der Waals surface area contributed by atoms with Gasteiger partial charge in [-0.2, -0.15) is 0 Å². The summed E-state index contributed by atoms with van der Waals surface area (Å²) in [5.41, 5.74) is 4.06. The highest BCUT2D eigenvalue weighted by Crippen LogP contribution is 2.25. The van der Waals surface area contributed by atoms with Crippen LogP contribution in [0.4, 0.5) is 0 Å². The predicted octanol–water partition coefficient (Wildman–Crippen LogP) is 3.67. The van der Waals surface area contributed by atoms with E-state index in [9.17, 15) is 4.79 Å². The van der Waals surface area contributed by atoms with E-state index in [1.807, 2.05) is 29.7 Å². The lowest BCUT2D eigenvalue weighted by molar-refractivity contribution is -0.130. The summed E-state index contributed by atoms with van der Waals surface area (Å²) >= 11 is 1.67. The zero-order valence-electron chi connectivity index (χ0n) is 12.0. The number of aliphatic imine (C=N–C) groups is 1. The van der Waals surface area contributed by atoms with Crippen LogP contribution in [-0.4, -0.2) is 11.9 Å². The lowest BCUT2D eigenvalue weighted by Gasteiger charge is -2.03. The summed E-state index contributed by atoms with van der Waals surface area (Å²) in [6.45, 7) is 0. The first-order valence-corrected chi connectivity index (χ1v) is 8.33. The minimum atomic E-state index is -0.355. The molecule has 2 aliphatic rings.